The van der Waals surface area contributed by atoms with E-state index >= 15 is 0 Å². The summed E-state index contributed by atoms with van der Waals surface area (Å²) in [6.07, 6.45) is 1.47. The van der Waals surface area contributed by atoms with Crippen LogP contribution in [0.4, 0.5) is 0 Å². The highest BCUT2D eigenvalue weighted by molar-refractivity contribution is 5.92. The van der Waals surface area contributed by atoms with Crippen LogP contribution in [0.2, 0.25) is 0 Å². The van der Waals surface area contributed by atoms with Crippen LogP contribution < -0.4 is 14.8 Å². The Kier molecular flexibility index (Phi) is 6.46. The highest BCUT2D eigenvalue weighted by Crippen LogP contribution is 2.39. The number of methoxy groups -OCH3 is 2. The van der Waals surface area contributed by atoms with E-state index in [0.717, 1.165) is 5.56 Å². The van der Waals surface area contributed by atoms with Gasteiger partial charge in [-0.25, -0.2) is 0 Å². The van der Waals surface area contributed by atoms with Gasteiger partial charge in [0.2, 0.25) is 5.91 Å². The SMILES string of the molecule is COc1ccc(C2CN(C(=O)c3ccco3)CC2C(=O)NCC(C)C)c(OC)c1. The highest BCUT2D eigenvalue weighted by Gasteiger charge is 2.42. The first kappa shape index (κ1) is 20.8. The topological polar surface area (TPSA) is 81.0 Å². The zero-order valence-electron chi connectivity index (χ0n) is 17.3. The maximum atomic E-state index is 13.0. The molecular weight excluding hydrogens is 372 g/mol. The summed E-state index contributed by atoms with van der Waals surface area (Å²) in [5.74, 6) is 1.08. The molecule has 3 rings (SSSR count). The molecule has 1 saturated heterocycles. The number of hydrogen-bond donors (Lipinski definition) is 1. The van der Waals surface area contributed by atoms with E-state index in [4.69, 9.17) is 13.9 Å². The molecule has 2 atom stereocenters. The van der Waals surface area contributed by atoms with Crippen molar-refractivity contribution in [1.29, 1.82) is 0 Å². The van der Waals surface area contributed by atoms with Gasteiger partial charge >= 0.3 is 0 Å². The van der Waals surface area contributed by atoms with E-state index in [2.05, 4.69) is 5.32 Å². The molecule has 1 aliphatic heterocycles. The Hall–Kier alpha value is -2.96. The standard InChI is InChI=1S/C22H28N2O5/c1-14(2)11-23-21(25)18-13-24(22(26)19-6-5-9-29-19)12-17(18)16-8-7-15(27-3)10-20(16)28-4/h5-10,14,17-18H,11-13H2,1-4H3,(H,23,25). The fourth-order valence-electron chi connectivity index (χ4n) is 3.67. The Morgan fingerprint density at radius 2 is 2.00 bits per heavy atom. The van der Waals surface area contributed by atoms with Crippen LogP contribution in [-0.2, 0) is 4.79 Å². The van der Waals surface area contributed by atoms with Gasteiger partial charge in [-0.1, -0.05) is 19.9 Å². The van der Waals surface area contributed by atoms with Gasteiger partial charge in [-0.2, -0.15) is 0 Å². The smallest absolute Gasteiger partial charge is 0.289 e. The molecular formula is C22H28N2O5. The Morgan fingerprint density at radius 1 is 1.21 bits per heavy atom. The minimum atomic E-state index is -0.380. The molecule has 2 heterocycles. The lowest BCUT2D eigenvalue weighted by Gasteiger charge is -2.21. The van der Waals surface area contributed by atoms with Crippen molar-refractivity contribution in [1.82, 2.24) is 10.2 Å². The Bertz CT molecular complexity index is 847. The van der Waals surface area contributed by atoms with E-state index in [1.807, 2.05) is 26.0 Å². The van der Waals surface area contributed by atoms with Gasteiger partial charge in [-0.05, 0) is 24.1 Å². The predicted octanol–water partition coefficient (Wildman–Crippen LogP) is 2.92. The van der Waals surface area contributed by atoms with E-state index in [1.54, 1.807) is 37.3 Å². The fraction of sp³-hybridized carbons (Fsp3) is 0.455. The molecule has 29 heavy (non-hydrogen) atoms. The second kappa shape index (κ2) is 9.03. The number of benzene rings is 1. The van der Waals surface area contributed by atoms with Crippen LogP contribution in [0.1, 0.15) is 35.9 Å². The summed E-state index contributed by atoms with van der Waals surface area (Å²) in [7, 11) is 3.18. The monoisotopic (exact) mass is 400 g/mol. The van der Waals surface area contributed by atoms with E-state index in [9.17, 15) is 9.59 Å². The van der Waals surface area contributed by atoms with Crippen LogP contribution >= 0.6 is 0 Å². The third-order valence-electron chi connectivity index (χ3n) is 5.20. The summed E-state index contributed by atoms with van der Waals surface area (Å²) >= 11 is 0. The summed E-state index contributed by atoms with van der Waals surface area (Å²) < 4.78 is 16.1. The molecule has 2 aromatic rings. The third kappa shape index (κ3) is 4.55. The number of likely N-dealkylation sites (tertiary alicyclic amines) is 1. The first-order chi connectivity index (χ1) is 13.9. The number of ether oxygens (including phenoxy) is 2. The Labute approximate surface area is 171 Å². The molecule has 1 aromatic heterocycles. The van der Waals surface area contributed by atoms with Crippen molar-refractivity contribution in [2.45, 2.75) is 19.8 Å². The van der Waals surface area contributed by atoms with E-state index in [1.165, 1.54) is 6.26 Å². The molecule has 7 heteroatoms. The highest BCUT2D eigenvalue weighted by atomic mass is 16.5. The second-order valence-electron chi connectivity index (χ2n) is 7.65. The molecule has 2 amide bonds. The number of hydrogen-bond acceptors (Lipinski definition) is 5. The van der Waals surface area contributed by atoms with E-state index in [0.29, 0.717) is 37.1 Å². The van der Waals surface area contributed by atoms with Gasteiger partial charge in [0.25, 0.3) is 5.91 Å². The van der Waals surface area contributed by atoms with E-state index < -0.39 is 0 Å². The van der Waals surface area contributed by atoms with Crippen LogP contribution in [0.15, 0.2) is 41.0 Å². The molecule has 0 aliphatic carbocycles. The molecule has 0 radical (unpaired) electrons. The van der Waals surface area contributed by atoms with E-state index in [-0.39, 0.29) is 29.4 Å². The normalized spacial score (nSPS) is 18.7. The number of furan rings is 1. The molecule has 0 spiro atoms. The van der Waals surface area contributed by atoms with Crippen molar-refractivity contribution in [3.63, 3.8) is 0 Å². The average Bonchev–Trinajstić information content (AvgIpc) is 3.41. The van der Waals surface area contributed by atoms with Crippen molar-refractivity contribution in [2.75, 3.05) is 33.9 Å². The Morgan fingerprint density at radius 3 is 2.62 bits per heavy atom. The molecule has 1 aliphatic rings. The molecule has 0 saturated carbocycles. The number of rotatable bonds is 7. The predicted molar refractivity (Wildman–Crippen MR) is 108 cm³/mol. The molecule has 0 bridgehead atoms. The lowest BCUT2D eigenvalue weighted by atomic mass is 9.87. The summed E-state index contributed by atoms with van der Waals surface area (Å²) in [6, 6.07) is 8.87. The zero-order valence-corrected chi connectivity index (χ0v) is 17.3. The van der Waals surface area contributed by atoms with Gasteiger partial charge in [0.15, 0.2) is 5.76 Å². The largest absolute Gasteiger partial charge is 0.497 e. The lowest BCUT2D eigenvalue weighted by Crippen LogP contribution is -2.37. The zero-order chi connectivity index (χ0) is 21.0. The van der Waals surface area contributed by atoms with Crippen LogP contribution in [0.5, 0.6) is 11.5 Å². The number of carbonyl (C=O) groups excluding carboxylic acids is 2. The summed E-state index contributed by atoms with van der Waals surface area (Å²) in [6.45, 7) is 5.41. The van der Waals surface area contributed by atoms with Gasteiger partial charge < -0.3 is 24.1 Å². The summed E-state index contributed by atoms with van der Waals surface area (Å²) in [5, 5.41) is 3.01. The van der Waals surface area contributed by atoms with Crippen molar-refractivity contribution in [3.05, 3.63) is 47.9 Å². The molecule has 1 N–H and O–H groups in total. The Balaban J connectivity index is 1.90. The van der Waals surface area contributed by atoms with Gasteiger partial charge in [0.1, 0.15) is 11.5 Å². The molecule has 7 nitrogen and oxygen atoms in total. The number of amides is 2. The molecule has 1 aromatic carbocycles. The maximum Gasteiger partial charge on any atom is 0.289 e. The van der Waals surface area contributed by atoms with Crippen LogP contribution in [0, 0.1) is 11.8 Å². The van der Waals surface area contributed by atoms with Gasteiger partial charge in [0.05, 0.1) is 26.4 Å². The maximum absolute atomic E-state index is 13.0. The van der Waals surface area contributed by atoms with Gasteiger partial charge in [0, 0.05) is 37.2 Å². The van der Waals surface area contributed by atoms with Crippen molar-refractivity contribution >= 4 is 11.8 Å². The molecule has 1 fully saturated rings. The number of nitrogens with one attached hydrogen (secondary N) is 1. The summed E-state index contributed by atoms with van der Waals surface area (Å²) in [4.78, 5) is 27.5. The first-order valence-electron chi connectivity index (χ1n) is 9.77. The summed E-state index contributed by atoms with van der Waals surface area (Å²) in [5.41, 5.74) is 0.882. The van der Waals surface area contributed by atoms with Gasteiger partial charge in [-0.3, -0.25) is 9.59 Å². The van der Waals surface area contributed by atoms with Crippen LogP contribution in [-0.4, -0.2) is 50.6 Å². The minimum absolute atomic E-state index is 0.0590. The van der Waals surface area contributed by atoms with Crippen molar-refractivity contribution in [3.8, 4) is 11.5 Å². The second-order valence-corrected chi connectivity index (χ2v) is 7.65. The number of carbonyl (C=O) groups is 2. The minimum Gasteiger partial charge on any atom is -0.497 e. The van der Waals surface area contributed by atoms with Crippen molar-refractivity contribution in [2.24, 2.45) is 11.8 Å². The molecule has 2 unspecified atom stereocenters. The third-order valence-corrected chi connectivity index (χ3v) is 5.20. The fourth-order valence-corrected chi connectivity index (χ4v) is 3.67. The number of nitrogens with zero attached hydrogens (tertiary/aromatic N) is 1. The molecule has 156 valence electrons. The average molecular weight is 400 g/mol. The van der Waals surface area contributed by atoms with Gasteiger partial charge in [-0.15, -0.1) is 0 Å². The van der Waals surface area contributed by atoms with Crippen LogP contribution in [0.3, 0.4) is 0 Å². The van der Waals surface area contributed by atoms with Crippen molar-refractivity contribution < 1.29 is 23.5 Å². The quantitative estimate of drug-likeness (QED) is 0.773. The van der Waals surface area contributed by atoms with Crippen LogP contribution in [0.25, 0.3) is 0 Å². The lowest BCUT2D eigenvalue weighted by molar-refractivity contribution is -0.125. The first-order valence-corrected chi connectivity index (χ1v) is 9.77.